The van der Waals surface area contributed by atoms with E-state index in [1.165, 1.54) is 70.6 Å². The number of allylic oxidation sites excluding steroid dienone is 18. The molecule has 0 amide bonds. The Morgan fingerprint density at radius 3 is 1.15 bits per heavy atom. The van der Waals surface area contributed by atoms with Gasteiger partial charge in [-0.05, 0) is 122 Å². The van der Waals surface area contributed by atoms with E-state index in [4.69, 9.17) is 23.7 Å². The van der Waals surface area contributed by atoms with Crippen LogP contribution in [0, 0.1) is 0 Å². The number of carbonyl (C=O) groups excluding carboxylic acids is 3. The second-order valence-electron chi connectivity index (χ2n) is 22.7. The number of carbonyl (C=O) groups is 4. The molecule has 0 aliphatic carbocycles. The van der Waals surface area contributed by atoms with Gasteiger partial charge in [-0.3, -0.25) is 14.4 Å². The van der Waals surface area contributed by atoms with E-state index in [9.17, 15) is 34.5 Å². The SMILES string of the molecule is CC/C=C\C/C=C\C/C=C\C/C=C\C/C=C\CCCCCC(=O)OCC(COC1OC(C(=O)O)C(O)C(O)C1OC(=O)CCCCCCCCCCC/C=C\CCCCCCCC)OC(=O)CCCCCCCCC/C=C\C/C=C\C/C=C\CC. The number of hydrogen-bond donors (Lipinski definition) is 3. The van der Waals surface area contributed by atoms with Gasteiger partial charge in [0.2, 0.25) is 0 Å². The Balaban J connectivity index is 2.68. The summed E-state index contributed by atoms with van der Waals surface area (Å²) in [6, 6.07) is 0. The molecule has 6 atom stereocenters. The molecule has 0 saturated carbocycles. The maximum atomic E-state index is 13.2. The quantitative estimate of drug-likeness (QED) is 0.0228. The Labute approximate surface area is 516 Å². The van der Waals surface area contributed by atoms with Gasteiger partial charge < -0.3 is 39.0 Å². The molecule has 0 spiro atoms. The maximum Gasteiger partial charge on any atom is 0.335 e. The summed E-state index contributed by atoms with van der Waals surface area (Å²) in [4.78, 5) is 51.4. The van der Waals surface area contributed by atoms with Crippen LogP contribution >= 0.6 is 0 Å². The molecule has 0 aromatic carbocycles. The van der Waals surface area contributed by atoms with Gasteiger partial charge in [0.1, 0.15) is 18.8 Å². The highest BCUT2D eigenvalue weighted by atomic mass is 16.7. The van der Waals surface area contributed by atoms with Crippen LogP contribution in [-0.4, -0.2) is 89.2 Å². The van der Waals surface area contributed by atoms with Crippen LogP contribution in [0.3, 0.4) is 0 Å². The Bertz CT molecular complexity index is 1890. The second-order valence-corrected chi connectivity index (χ2v) is 22.7. The number of hydrogen-bond acceptors (Lipinski definition) is 11. The van der Waals surface area contributed by atoms with Crippen molar-refractivity contribution in [2.75, 3.05) is 13.2 Å². The Morgan fingerprint density at radius 1 is 0.400 bits per heavy atom. The molecule has 1 fully saturated rings. The van der Waals surface area contributed by atoms with E-state index < -0.39 is 67.3 Å². The molecule has 1 heterocycles. The summed E-state index contributed by atoms with van der Waals surface area (Å²) in [7, 11) is 0. The summed E-state index contributed by atoms with van der Waals surface area (Å²) in [5.74, 6) is -3.18. The molecule has 0 radical (unpaired) electrons. The molecule has 1 saturated heterocycles. The fourth-order valence-electron chi connectivity index (χ4n) is 9.70. The monoisotopic (exact) mass is 1190 g/mol. The van der Waals surface area contributed by atoms with Gasteiger partial charge in [-0.1, -0.05) is 246 Å². The lowest BCUT2D eigenvalue weighted by atomic mass is 9.98. The molecular formula is C73H120O12. The normalized spacial score (nSPS) is 18.2. The largest absolute Gasteiger partial charge is 0.479 e. The Morgan fingerprint density at radius 2 is 0.741 bits per heavy atom. The molecule has 1 aliphatic rings. The molecule has 85 heavy (non-hydrogen) atoms. The molecule has 0 aromatic heterocycles. The molecule has 1 rings (SSSR count). The molecular weight excluding hydrogens is 1070 g/mol. The third-order valence-corrected chi connectivity index (χ3v) is 14.8. The average molecular weight is 1190 g/mol. The van der Waals surface area contributed by atoms with E-state index >= 15 is 0 Å². The number of aliphatic hydroxyl groups is 2. The first-order valence-corrected chi connectivity index (χ1v) is 33.9. The van der Waals surface area contributed by atoms with Crippen LogP contribution in [0.25, 0.3) is 0 Å². The third kappa shape index (κ3) is 49.1. The van der Waals surface area contributed by atoms with Crippen LogP contribution in [0.4, 0.5) is 0 Å². The van der Waals surface area contributed by atoms with E-state index in [1.807, 2.05) is 0 Å². The van der Waals surface area contributed by atoms with Crippen molar-refractivity contribution in [3.8, 4) is 0 Å². The van der Waals surface area contributed by atoms with Crippen LogP contribution in [-0.2, 0) is 42.9 Å². The van der Waals surface area contributed by atoms with Crippen molar-refractivity contribution >= 4 is 23.9 Å². The number of carboxylic acids is 1. The van der Waals surface area contributed by atoms with E-state index in [0.29, 0.717) is 19.3 Å². The fourth-order valence-corrected chi connectivity index (χ4v) is 9.70. The molecule has 6 unspecified atom stereocenters. The second kappa shape index (κ2) is 59.7. The summed E-state index contributed by atoms with van der Waals surface area (Å²) in [5.41, 5.74) is 0. The molecule has 0 bridgehead atoms. The number of aliphatic hydroxyl groups excluding tert-OH is 2. The highest BCUT2D eigenvalue weighted by Gasteiger charge is 2.50. The van der Waals surface area contributed by atoms with Crippen molar-refractivity contribution in [3.63, 3.8) is 0 Å². The van der Waals surface area contributed by atoms with E-state index in [-0.39, 0.29) is 25.9 Å². The zero-order chi connectivity index (χ0) is 61.7. The molecule has 12 nitrogen and oxygen atoms in total. The van der Waals surface area contributed by atoms with Crippen molar-refractivity contribution in [1.82, 2.24) is 0 Å². The Hall–Kier alpha value is -4.62. The summed E-state index contributed by atoms with van der Waals surface area (Å²) in [5, 5.41) is 31.7. The summed E-state index contributed by atoms with van der Waals surface area (Å²) >= 11 is 0. The number of aliphatic carboxylic acids is 1. The zero-order valence-corrected chi connectivity index (χ0v) is 53.6. The zero-order valence-electron chi connectivity index (χ0n) is 53.6. The van der Waals surface area contributed by atoms with Gasteiger partial charge in [0.05, 0.1) is 6.61 Å². The molecule has 484 valence electrons. The number of rotatable bonds is 57. The van der Waals surface area contributed by atoms with Gasteiger partial charge in [-0.2, -0.15) is 0 Å². The van der Waals surface area contributed by atoms with Crippen LogP contribution < -0.4 is 0 Å². The maximum absolute atomic E-state index is 13.2. The predicted octanol–water partition coefficient (Wildman–Crippen LogP) is 18.6. The number of carboxylic acid groups (broad SMARTS) is 1. The predicted molar refractivity (Wildman–Crippen MR) is 349 cm³/mol. The van der Waals surface area contributed by atoms with E-state index in [1.54, 1.807) is 0 Å². The first-order valence-electron chi connectivity index (χ1n) is 33.9. The first kappa shape index (κ1) is 78.4. The molecule has 12 heteroatoms. The average Bonchev–Trinajstić information content (AvgIpc) is 3.51. The summed E-state index contributed by atoms with van der Waals surface area (Å²) < 4.78 is 28.5. The van der Waals surface area contributed by atoms with Crippen molar-refractivity contribution in [2.45, 2.75) is 314 Å². The van der Waals surface area contributed by atoms with Crippen LogP contribution in [0.15, 0.2) is 109 Å². The fraction of sp³-hybridized carbons (Fsp3) is 0.699. The lowest BCUT2D eigenvalue weighted by molar-refractivity contribution is -0.301. The van der Waals surface area contributed by atoms with Gasteiger partial charge in [0, 0.05) is 19.3 Å². The number of esters is 3. The topological polar surface area (TPSA) is 175 Å². The van der Waals surface area contributed by atoms with Crippen molar-refractivity contribution in [2.24, 2.45) is 0 Å². The minimum atomic E-state index is -1.92. The lowest BCUT2D eigenvalue weighted by Crippen LogP contribution is -2.61. The molecule has 0 aromatic rings. The van der Waals surface area contributed by atoms with Gasteiger partial charge in [-0.25, -0.2) is 4.79 Å². The summed E-state index contributed by atoms with van der Waals surface area (Å²) in [6.07, 6.45) is 68.9. The van der Waals surface area contributed by atoms with Crippen molar-refractivity contribution in [3.05, 3.63) is 109 Å². The molecule has 3 N–H and O–H groups in total. The van der Waals surface area contributed by atoms with Gasteiger partial charge in [0.15, 0.2) is 24.6 Å². The summed E-state index contributed by atoms with van der Waals surface area (Å²) in [6.45, 7) is 5.76. The smallest absolute Gasteiger partial charge is 0.335 e. The number of ether oxygens (including phenoxy) is 5. The van der Waals surface area contributed by atoms with Crippen molar-refractivity contribution < 1.29 is 58.2 Å². The first-order chi connectivity index (χ1) is 41.6. The van der Waals surface area contributed by atoms with Crippen LogP contribution in [0.1, 0.15) is 278 Å². The highest BCUT2D eigenvalue weighted by molar-refractivity contribution is 5.74. The molecule has 1 aliphatic heterocycles. The van der Waals surface area contributed by atoms with Crippen LogP contribution in [0.2, 0.25) is 0 Å². The third-order valence-electron chi connectivity index (χ3n) is 14.8. The highest BCUT2D eigenvalue weighted by Crippen LogP contribution is 2.27. The van der Waals surface area contributed by atoms with Gasteiger partial charge in [-0.15, -0.1) is 0 Å². The standard InChI is InChI=1S/C73H120O12/c1-4-7-10-13-16-19-22-25-28-31-33-36-38-41-44-47-50-53-56-59-65(74)81-62-64(83-66(75)60-57-54-51-48-45-42-39-35-30-27-24-21-18-15-12-9-6-3)63-82-73-71(69(78)68(77)70(85-73)72(79)80)84-67(76)61-58-55-52-49-46-43-40-37-34-32-29-26-23-20-17-14-11-8-5-2/h7,9-10,12,16,18-19,21,25-30,33,36,41,44,64,68-71,73,77-78H,4-6,8,11,13-15,17,20,22-24,31-32,34-35,37-40,42-43,45-63H2,1-3H3,(H,79,80)/b10-7-,12-9-,19-16-,21-18-,28-25-,29-26-,30-27-,36-33-,44-41-. The Kier molecular flexibility index (Phi) is 55.1. The lowest BCUT2D eigenvalue weighted by Gasteiger charge is -2.40. The number of unbranched alkanes of at least 4 members (excludes halogenated alkanes) is 25. The van der Waals surface area contributed by atoms with E-state index in [2.05, 4.69) is 130 Å². The van der Waals surface area contributed by atoms with Gasteiger partial charge in [0.25, 0.3) is 0 Å². The van der Waals surface area contributed by atoms with Gasteiger partial charge >= 0.3 is 23.9 Å². The van der Waals surface area contributed by atoms with Crippen molar-refractivity contribution in [1.29, 1.82) is 0 Å². The van der Waals surface area contributed by atoms with E-state index in [0.717, 1.165) is 148 Å². The van der Waals surface area contributed by atoms with Crippen LogP contribution in [0.5, 0.6) is 0 Å². The minimum absolute atomic E-state index is 0.0497. The minimum Gasteiger partial charge on any atom is -0.479 e.